The Morgan fingerprint density at radius 2 is 2.33 bits per heavy atom. The molecule has 0 aliphatic rings. The SMILES string of the molecule is C#CCn1c(=NC(=O)CC)sc2cc(C)ccc21. The molecule has 92 valence electrons. The zero-order valence-electron chi connectivity index (χ0n) is 10.4. The van der Waals surface area contributed by atoms with Gasteiger partial charge in [0.2, 0.25) is 5.91 Å². The Balaban J connectivity index is 2.73. The van der Waals surface area contributed by atoms with Crippen molar-refractivity contribution >= 4 is 27.5 Å². The Hall–Kier alpha value is -1.86. The van der Waals surface area contributed by atoms with Gasteiger partial charge in [0.05, 0.1) is 16.8 Å². The molecule has 18 heavy (non-hydrogen) atoms. The summed E-state index contributed by atoms with van der Waals surface area (Å²) in [6.07, 6.45) is 5.79. The van der Waals surface area contributed by atoms with E-state index in [4.69, 9.17) is 6.42 Å². The summed E-state index contributed by atoms with van der Waals surface area (Å²) in [6, 6.07) is 6.14. The van der Waals surface area contributed by atoms with Gasteiger partial charge in [0, 0.05) is 6.42 Å². The van der Waals surface area contributed by atoms with Crippen molar-refractivity contribution in [2.24, 2.45) is 4.99 Å². The van der Waals surface area contributed by atoms with E-state index in [1.165, 1.54) is 16.9 Å². The summed E-state index contributed by atoms with van der Waals surface area (Å²) in [5.74, 6) is 2.49. The van der Waals surface area contributed by atoms with Crippen LogP contribution in [0.15, 0.2) is 23.2 Å². The number of carbonyl (C=O) groups excluding carboxylic acids is 1. The largest absolute Gasteiger partial charge is 0.305 e. The third-order valence-electron chi connectivity index (χ3n) is 2.61. The summed E-state index contributed by atoms with van der Waals surface area (Å²) >= 11 is 1.50. The molecule has 0 fully saturated rings. The van der Waals surface area contributed by atoms with Gasteiger partial charge in [0.15, 0.2) is 4.80 Å². The number of hydrogen-bond donors (Lipinski definition) is 0. The fourth-order valence-electron chi connectivity index (χ4n) is 1.70. The molecule has 0 N–H and O–H groups in total. The van der Waals surface area contributed by atoms with Gasteiger partial charge >= 0.3 is 0 Å². The standard InChI is InChI=1S/C14H14N2OS/c1-4-8-16-11-7-6-10(3)9-12(11)18-14(16)15-13(17)5-2/h1,6-7,9H,5,8H2,2-3H3. The number of benzene rings is 1. The number of fused-ring (bicyclic) bond motifs is 1. The quantitative estimate of drug-likeness (QED) is 0.762. The number of hydrogen-bond acceptors (Lipinski definition) is 2. The predicted octanol–water partition coefficient (Wildman–Crippen LogP) is 2.48. The molecule has 2 aromatic rings. The fourth-order valence-corrected chi connectivity index (χ4v) is 2.84. The van der Waals surface area contributed by atoms with E-state index < -0.39 is 0 Å². The van der Waals surface area contributed by atoms with Gasteiger partial charge in [-0.3, -0.25) is 4.79 Å². The molecular formula is C14H14N2OS. The maximum Gasteiger partial charge on any atom is 0.248 e. The topological polar surface area (TPSA) is 34.4 Å². The smallest absolute Gasteiger partial charge is 0.248 e. The lowest BCUT2D eigenvalue weighted by Gasteiger charge is -1.99. The van der Waals surface area contributed by atoms with Crippen molar-refractivity contribution < 1.29 is 4.79 Å². The summed E-state index contributed by atoms with van der Waals surface area (Å²) in [5, 5.41) is 0. The number of aryl methyl sites for hydroxylation is 1. The zero-order chi connectivity index (χ0) is 13.1. The predicted molar refractivity (Wildman–Crippen MR) is 74.2 cm³/mol. The number of nitrogens with zero attached hydrogens (tertiary/aromatic N) is 2. The Kier molecular flexibility index (Phi) is 3.63. The van der Waals surface area contributed by atoms with E-state index in [9.17, 15) is 4.79 Å². The Morgan fingerprint density at radius 1 is 1.56 bits per heavy atom. The van der Waals surface area contributed by atoms with Gasteiger partial charge in [-0.05, 0) is 24.6 Å². The van der Waals surface area contributed by atoms with Crippen molar-refractivity contribution in [1.82, 2.24) is 4.57 Å². The fraction of sp³-hybridized carbons (Fsp3) is 0.286. The summed E-state index contributed by atoms with van der Waals surface area (Å²) in [4.78, 5) is 16.2. The molecule has 4 heteroatoms. The number of carbonyl (C=O) groups is 1. The first kappa shape index (κ1) is 12.6. The molecule has 1 amide bonds. The molecule has 0 saturated carbocycles. The molecule has 1 aromatic carbocycles. The number of rotatable bonds is 2. The van der Waals surface area contributed by atoms with Gasteiger partial charge < -0.3 is 4.57 Å². The van der Waals surface area contributed by atoms with Crippen LogP contribution in [-0.2, 0) is 11.3 Å². The van der Waals surface area contributed by atoms with Crippen molar-refractivity contribution in [2.75, 3.05) is 0 Å². The summed E-state index contributed by atoms with van der Waals surface area (Å²) in [6.45, 7) is 4.27. The Bertz CT molecular complexity index is 701. The van der Waals surface area contributed by atoms with E-state index in [0.29, 0.717) is 17.8 Å². The van der Waals surface area contributed by atoms with E-state index in [0.717, 1.165) is 10.2 Å². The van der Waals surface area contributed by atoms with Gasteiger partial charge in [-0.25, -0.2) is 0 Å². The van der Waals surface area contributed by atoms with Crippen molar-refractivity contribution in [3.05, 3.63) is 28.6 Å². The molecule has 0 atom stereocenters. The van der Waals surface area contributed by atoms with Crippen LogP contribution in [0.2, 0.25) is 0 Å². The Morgan fingerprint density at radius 3 is 3.00 bits per heavy atom. The lowest BCUT2D eigenvalue weighted by molar-refractivity contribution is -0.117. The lowest BCUT2D eigenvalue weighted by atomic mass is 10.2. The minimum atomic E-state index is -0.121. The molecule has 0 unspecified atom stereocenters. The average Bonchev–Trinajstić information content (AvgIpc) is 2.67. The van der Waals surface area contributed by atoms with Crippen LogP contribution in [0.4, 0.5) is 0 Å². The first-order valence-electron chi connectivity index (χ1n) is 5.76. The molecular weight excluding hydrogens is 244 g/mol. The van der Waals surface area contributed by atoms with E-state index in [1.807, 2.05) is 23.6 Å². The molecule has 0 saturated heterocycles. The van der Waals surface area contributed by atoms with Crippen molar-refractivity contribution in [3.63, 3.8) is 0 Å². The summed E-state index contributed by atoms with van der Waals surface area (Å²) in [7, 11) is 0. The number of amides is 1. The van der Waals surface area contributed by atoms with Crippen molar-refractivity contribution in [3.8, 4) is 12.3 Å². The third kappa shape index (κ3) is 2.36. The number of thiazole rings is 1. The van der Waals surface area contributed by atoms with Gasteiger partial charge in [0.25, 0.3) is 0 Å². The highest BCUT2D eigenvalue weighted by molar-refractivity contribution is 7.16. The maximum absolute atomic E-state index is 11.5. The maximum atomic E-state index is 11.5. The van der Waals surface area contributed by atoms with Crippen LogP contribution >= 0.6 is 11.3 Å². The van der Waals surface area contributed by atoms with E-state index >= 15 is 0 Å². The van der Waals surface area contributed by atoms with Crippen molar-refractivity contribution in [2.45, 2.75) is 26.8 Å². The molecule has 0 spiro atoms. The van der Waals surface area contributed by atoms with Crippen LogP contribution in [-0.4, -0.2) is 10.5 Å². The van der Waals surface area contributed by atoms with Crippen molar-refractivity contribution in [1.29, 1.82) is 0 Å². The van der Waals surface area contributed by atoms with E-state index in [-0.39, 0.29) is 5.91 Å². The van der Waals surface area contributed by atoms with E-state index in [1.54, 1.807) is 6.92 Å². The average molecular weight is 258 g/mol. The van der Waals surface area contributed by atoms with Crippen LogP contribution in [0, 0.1) is 19.3 Å². The van der Waals surface area contributed by atoms with Crippen LogP contribution in [0.5, 0.6) is 0 Å². The van der Waals surface area contributed by atoms with Gasteiger partial charge in [-0.15, -0.1) is 6.42 Å². The highest BCUT2D eigenvalue weighted by Crippen LogP contribution is 2.18. The van der Waals surface area contributed by atoms with Gasteiger partial charge in [-0.1, -0.05) is 30.2 Å². The van der Waals surface area contributed by atoms with Crippen LogP contribution in [0.3, 0.4) is 0 Å². The molecule has 1 aromatic heterocycles. The van der Waals surface area contributed by atoms with Gasteiger partial charge in [0.1, 0.15) is 0 Å². The number of aromatic nitrogens is 1. The minimum Gasteiger partial charge on any atom is -0.305 e. The first-order valence-corrected chi connectivity index (χ1v) is 6.58. The van der Waals surface area contributed by atoms with Crippen LogP contribution < -0.4 is 4.80 Å². The van der Waals surface area contributed by atoms with Crippen LogP contribution in [0.1, 0.15) is 18.9 Å². The monoisotopic (exact) mass is 258 g/mol. The number of terminal acetylenes is 1. The normalized spacial score (nSPS) is 11.7. The second-order valence-corrected chi connectivity index (χ2v) is 5.01. The molecule has 0 bridgehead atoms. The van der Waals surface area contributed by atoms with Gasteiger partial charge in [-0.2, -0.15) is 4.99 Å². The third-order valence-corrected chi connectivity index (χ3v) is 3.65. The minimum absolute atomic E-state index is 0.121. The first-order chi connectivity index (χ1) is 8.65. The highest BCUT2D eigenvalue weighted by atomic mass is 32.1. The molecule has 0 aliphatic heterocycles. The second-order valence-electron chi connectivity index (χ2n) is 4.01. The molecule has 0 radical (unpaired) electrons. The summed E-state index contributed by atoms with van der Waals surface area (Å²) in [5.41, 5.74) is 2.22. The van der Waals surface area contributed by atoms with E-state index in [2.05, 4.69) is 17.0 Å². The molecule has 1 heterocycles. The Labute approximate surface area is 110 Å². The highest BCUT2D eigenvalue weighted by Gasteiger charge is 2.06. The molecule has 3 nitrogen and oxygen atoms in total. The summed E-state index contributed by atoms with van der Waals surface area (Å²) < 4.78 is 3.01. The van der Waals surface area contributed by atoms with Crippen LogP contribution in [0.25, 0.3) is 10.2 Å². The second kappa shape index (κ2) is 5.19. The molecule has 2 rings (SSSR count). The zero-order valence-corrected chi connectivity index (χ0v) is 11.3. The lowest BCUT2D eigenvalue weighted by Crippen LogP contribution is -2.16. The molecule has 0 aliphatic carbocycles.